The van der Waals surface area contributed by atoms with Crippen LogP contribution < -0.4 is 4.90 Å². The molecule has 1 atom stereocenters. The van der Waals surface area contributed by atoms with Crippen molar-refractivity contribution in [2.75, 3.05) is 11.4 Å². The number of pyridine rings is 1. The van der Waals surface area contributed by atoms with Crippen LogP contribution in [0.25, 0.3) is 11.5 Å². The van der Waals surface area contributed by atoms with Crippen LogP contribution in [0.1, 0.15) is 29.3 Å². The lowest BCUT2D eigenvalue weighted by Gasteiger charge is -2.19. The molecule has 0 saturated carbocycles. The van der Waals surface area contributed by atoms with E-state index in [0.29, 0.717) is 24.7 Å². The van der Waals surface area contributed by atoms with Gasteiger partial charge in [-0.3, -0.25) is 9.78 Å². The van der Waals surface area contributed by atoms with E-state index in [1.165, 1.54) is 0 Å². The molecule has 1 saturated heterocycles. The van der Waals surface area contributed by atoms with Gasteiger partial charge in [0, 0.05) is 42.5 Å². The van der Waals surface area contributed by atoms with Gasteiger partial charge in [-0.15, -0.1) is 0 Å². The first kappa shape index (κ1) is 15.5. The van der Waals surface area contributed by atoms with Gasteiger partial charge in [-0.1, -0.05) is 17.3 Å². The van der Waals surface area contributed by atoms with Crippen LogP contribution in [0.2, 0.25) is 0 Å². The minimum atomic E-state index is -0.0632. The van der Waals surface area contributed by atoms with Crippen LogP contribution in [0.3, 0.4) is 0 Å². The third-order valence-electron chi connectivity index (χ3n) is 4.51. The number of aryl methyl sites for hydroxylation is 2. The van der Waals surface area contributed by atoms with E-state index in [-0.39, 0.29) is 11.8 Å². The second kappa shape index (κ2) is 6.12. The molecule has 1 aliphatic heterocycles. The van der Waals surface area contributed by atoms with Gasteiger partial charge in [-0.05, 0) is 43.2 Å². The van der Waals surface area contributed by atoms with Crippen molar-refractivity contribution in [1.29, 1.82) is 0 Å². The smallest absolute Gasteiger partial charge is 0.258 e. The summed E-state index contributed by atoms with van der Waals surface area (Å²) in [5.41, 5.74) is 4.01. The fourth-order valence-electron chi connectivity index (χ4n) is 3.14. The van der Waals surface area contributed by atoms with Gasteiger partial charge >= 0.3 is 0 Å². The summed E-state index contributed by atoms with van der Waals surface area (Å²) in [7, 11) is 0. The fraction of sp³-hybridized carbons (Fsp3) is 0.263. The minimum absolute atomic E-state index is 0.0632. The van der Waals surface area contributed by atoms with Crippen LogP contribution >= 0.6 is 0 Å². The summed E-state index contributed by atoms with van der Waals surface area (Å²) >= 11 is 0. The van der Waals surface area contributed by atoms with E-state index >= 15 is 0 Å². The van der Waals surface area contributed by atoms with Gasteiger partial charge in [0.15, 0.2) is 5.82 Å². The Morgan fingerprint density at radius 2 is 1.96 bits per heavy atom. The highest BCUT2D eigenvalue weighted by molar-refractivity contribution is 5.97. The van der Waals surface area contributed by atoms with Crippen LogP contribution in [0, 0.1) is 13.8 Å². The topological polar surface area (TPSA) is 72.1 Å². The monoisotopic (exact) mass is 334 g/mol. The average molecular weight is 334 g/mol. The third-order valence-corrected chi connectivity index (χ3v) is 4.51. The van der Waals surface area contributed by atoms with Gasteiger partial charge in [-0.25, -0.2) is 0 Å². The van der Waals surface area contributed by atoms with E-state index in [1.807, 2.05) is 43.0 Å². The Kier molecular flexibility index (Phi) is 3.80. The van der Waals surface area contributed by atoms with Crippen LogP contribution in [-0.4, -0.2) is 27.6 Å². The number of aromatic nitrogens is 3. The molecule has 1 amide bonds. The van der Waals surface area contributed by atoms with E-state index in [0.717, 1.165) is 22.4 Å². The van der Waals surface area contributed by atoms with Gasteiger partial charge in [0.1, 0.15) is 0 Å². The summed E-state index contributed by atoms with van der Waals surface area (Å²) in [6, 6.07) is 9.78. The molecule has 6 nitrogen and oxygen atoms in total. The summed E-state index contributed by atoms with van der Waals surface area (Å²) < 4.78 is 5.36. The number of carbonyl (C=O) groups is 1. The third kappa shape index (κ3) is 2.91. The van der Waals surface area contributed by atoms with Crippen LogP contribution in [-0.2, 0) is 4.79 Å². The van der Waals surface area contributed by atoms with Crippen molar-refractivity contribution in [1.82, 2.24) is 15.1 Å². The Balaban J connectivity index is 1.59. The molecule has 126 valence electrons. The van der Waals surface area contributed by atoms with E-state index in [4.69, 9.17) is 4.52 Å². The number of benzene rings is 1. The zero-order valence-electron chi connectivity index (χ0n) is 14.1. The Morgan fingerprint density at radius 1 is 1.16 bits per heavy atom. The number of hydrogen-bond donors (Lipinski definition) is 0. The highest BCUT2D eigenvalue weighted by atomic mass is 16.5. The molecule has 0 bridgehead atoms. The summed E-state index contributed by atoms with van der Waals surface area (Å²) in [5.74, 6) is 1.06. The first-order valence-corrected chi connectivity index (χ1v) is 8.23. The molecule has 3 aromatic rings. The molecule has 0 spiro atoms. The Hall–Kier alpha value is -3.02. The largest absolute Gasteiger partial charge is 0.334 e. The maximum absolute atomic E-state index is 12.5. The number of amides is 1. The predicted octanol–water partition coefficient (Wildman–Crippen LogP) is 3.27. The fourth-order valence-corrected chi connectivity index (χ4v) is 3.14. The number of carbonyl (C=O) groups excluding carboxylic acids is 1. The molecule has 1 aromatic carbocycles. The second-order valence-electron chi connectivity index (χ2n) is 6.39. The van der Waals surface area contributed by atoms with E-state index < -0.39 is 0 Å². The molecule has 2 aromatic heterocycles. The van der Waals surface area contributed by atoms with Crippen molar-refractivity contribution >= 4 is 11.6 Å². The molecular weight excluding hydrogens is 316 g/mol. The lowest BCUT2D eigenvalue weighted by atomic mass is 10.1. The maximum atomic E-state index is 12.5. The SMILES string of the molecule is Cc1ccc(C)c(N2CC(c3noc(-c4ccncc4)n3)CC2=O)c1. The standard InChI is InChI=1S/C19H18N4O2/c1-12-3-4-13(2)16(9-12)23-11-15(10-17(23)24)18-21-19(25-22-18)14-5-7-20-8-6-14/h3-9,15H,10-11H2,1-2H3. The molecule has 4 rings (SSSR count). The van der Waals surface area contributed by atoms with Crippen molar-refractivity contribution < 1.29 is 9.32 Å². The van der Waals surface area contributed by atoms with E-state index in [2.05, 4.69) is 21.2 Å². The molecule has 1 fully saturated rings. The quantitative estimate of drug-likeness (QED) is 0.735. The number of hydrogen-bond acceptors (Lipinski definition) is 5. The Bertz CT molecular complexity index is 920. The molecule has 25 heavy (non-hydrogen) atoms. The highest BCUT2D eigenvalue weighted by Crippen LogP contribution is 2.33. The number of nitrogens with zero attached hydrogens (tertiary/aromatic N) is 4. The molecule has 3 heterocycles. The van der Waals surface area contributed by atoms with Gasteiger partial charge in [0.05, 0.1) is 0 Å². The van der Waals surface area contributed by atoms with Crippen LogP contribution in [0.4, 0.5) is 5.69 Å². The first-order valence-electron chi connectivity index (χ1n) is 8.23. The molecule has 0 N–H and O–H groups in total. The summed E-state index contributed by atoms with van der Waals surface area (Å²) in [5, 5.41) is 4.09. The maximum Gasteiger partial charge on any atom is 0.258 e. The van der Waals surface area contributed by atoms with Crippen LogP contribution in [0.5, 0.6) is 0 Å². The van der Waals surface area contributed by atoms with Crippen molar-refractivity contribution in [3.8, 4) is 11.5 Å². The summed E-state index contributed by atoms with van der Waals surface area (Å²) in [6.07, 6.45) is 3.75. The molecule has 0 radical (unpaired) electrons. The van der Waals surface area contributed by atoms with Crippen molar-refractivity contribution in [2.24, 2.45) is 0 Å². The number of anilines is 1. The average Bonchev–Trinajstić information content (AvgIpc) is 3.25. The molecule has 6 heteroatoms. The zero-order chi connectivity index (χ0) is 17.4. The van der Waals surface area contributed by atoms with Gasteiger partial charge < -0.3 is 9.42 Å². The minimum Gasteiger partial charge on any atom is -0.334 e. The van der Waals surface area contributed by atoms with Crippen molar-refractivity contribution in [2.45, 2.75) is 26.2 Å². The Labute approximate surface area is 145 Å². The van der Waals surface area contributed by atoms with E-state index in [9.17, 15) is 4.79 Å². The molecule has 0 aliphatic carbocycles. The normalized spacial score (nSPS) is 17.3. The highest BCUT2D eigenvalue weighted by Gasteiger charge is 2.35. The van der Waals surface area contributed by atoms with Gasteiger partial charge in [0.25, 0.3) is 5.89 Å². The van der Waals surface area contributed by atoms with E-state index in [1.54, 1.807) is 12.4 Å². The van der Waals surface area contributed by atoms with Crippen molar-refractivity contribution in [3.63, 3.8) is 0 Å². The molecule has 1 aliphatic rings. The second-order valence-corrected chi connectivity index (χ2v) is 6.39. The van der Waals surface area contributed by atoms with Gasteiger partial charge in [-0.2, -0.15) is 4.98 Å². The predicted molar refractivity (Wildman–Crippen MR) is 93.2 cm³/mol. The lowest BCUT2D eigenvalue weighted by Crippen LogP contribution is -2.25. The first-order chi connectivity index (χ1) is 12.1. The summed E-state index contributed by atoms with van der Waals surface area (Å²) in [6.45, 7) is 4.62. The Morgan fingerprint density at radius 3 is 2.76 bits per heavy atom. The molecule has 1 unspecified atom stereocenters. The zero-order valence-corrected chi connectivity index (χ0v) is 14.1. The van der Waals surface area contributed by atoms with Crippen molar-refractivity contribution in [3.05, 3.63) is 59.7 Å². The molecular formula is C19H18N4O2. The van der Waals surface area contributed by atoms with Crippen LogP contribution in [0.15, 0.2) is 47.2 Å². The van der Waals surface area contributed by atoms with Gasteiger partial charge in [0.2, 0.25) is 5.91 Å². The number of rotatable bonds is 3. The summed E-state index contributed by atoms with van der Waals surface area (Å²) in [4.78, 5) is 22.8. The lowest BCUT2D eigenvalue weighted by molar-refractivity contribution is -0.117.